The first-order valence-corrected chi connectivity index (χ1v) is 13.7. The van der Waals surface area contributed by atoms with Crippen molar-refractivity contribution < 1.29 is 27.4 Å². The van der Waals surface area contributed by atoms with Gasteiger partial charge < -0.3 is 25.3 Å². The van der Waals surface area contributed by atoms with E-state index in [0.29, 0.717) is 16.6 Å². The smallest absolute Gasteiger partial charge is 0.273 e. The van der Waals surface area contributed by atoms with Gasteiger partial charge in [0, 0.05) is 39.5 Å². The summed E-state index contributed by atoms with van der Waals surface area (Å²) in [5, 5.41) is 15.6. The number of carbonyl (C=O) groups excluding carboxylic acids is 2. The van der Waals surface area contributed by atoms with Gasteiger partial charge in [-0.3, -0.25) is 9.59 Å². The minimum Gasteiger partial charge on any atom is -0.494 e. The number of ether oxygens (including phenoxy) is 1. The fourth-order valence-electron chi connectivity index (χ4n) is 3.62. The van der Waals surface area contributed by atoms with Crippen LogP contribution in [0.2, 0.25) is 0 Å². The number of amides is 2. The lowest BCUT2D eigenvalue weighted by molar-refractivity contribution is -0.117. The van der Waals surface area contributed by atoms with Crippen molar-refractivity contribution in [2.24, 2.45) is 5.92 Å². The zero-order chi connectivity index (χ0) is 28.5. The van der Waals surface area contributed by atoms with Crippen molar-refractivity contribution in [2.75, 3.05) is 38.0 Å². The van der Waals surface area contributed by atoms with Crippen LogP contribution in [0.1, 0.15) is 27.4 Å². The molecule has 0 atom stereocenters. The Morgan fingerprint density at radius 2 is 1.89 bits per heavy atom. The number of anilines is 3. The molecule has 1 aromatic heterocycles. The molecule has 0 unspecified atom stereocenters. The van der Waals surface area contributed by atoms with E-state index in [4.69, 9.17) is 8.85 Å². The molecule has 0 aliphatic heterocycles. The number of aromatic nitrogens is 2. The predicted octanol–water partition coefficient (Wildman–Crippen LogP) is 3.99. The van der Waals surface area contributed by atoms with Gasteiger partial charge in [0.1, 0.15) is 18.7 Å². The summed E-state index contributed by atoms with van der Waals surface area (Å²) >= 11 is 0. The molecule has 1 saturated carbocycles. The number of nitrogens with one attached hydrogen (secondary N) is 3. The molecule has 4 rings (SSSR count). The predicted molar refractivity (Wildman–Crippen MR) is 138 cm³/mol. The molecule has 0 saturated heterocycles. The lowest BCUT2D eigenvalue weighted by atomic mass is 10.0. The Morgan fingerprint density at radius 1 is 1.11 bits per heavy atom. The van der Waals surface area contributed by atoms with Gasteiger partial charge in [0.25, 0.3) is 5.91 Å². The number of hydrogen-bond acceptors (Lipinski definition) is 7. The van der Waals surface area contributed by atoms with Crippen LogP contribution in [-0.4, -0.2) is 49.4 Å². The number of para-hydroxylation sites is 1. The van der Waals surface area contributed by atoms with Crippen LogP contribution in [-0.2, 0) is 9.36 Å². The van der Waals surface area contributed by atoms with Crippen molar-refractivity contribution in [2.45, 2.75) is 12.8 Å². The van der Waals surface area contributed by atoms with E-state index >= 15 is 4.39 Å². The molecular weight excluding hydrogens is 484 g/mol. The van der Waals surface area contributed by atoms with Crippen molar-refractivity contribution in [1.29, 1.82) is 0 Å². The largest absolute Gasteiger partial charge is 0.494 e. The zero-order valence-corrected chi connectivity index (χ0v) is 20.8. The Labute approximate surface area is 212 Å². The van der Waals surface area contributed by atoms with Crippen LogP contribution in [0.4, 0.5) is 21.6 Å². The molecule has 2 amide bonds. The third-order valence-corrected chi connectivity index (χ3v) is 7.20. The number of rotatable bonds is 8. The van der Waals surface area contributed by atoms with Gasteiger partial charge in [-0.05, 0) is 38.3 Å². The number of carbonyl (C=O) groups is 2. The first-order chi connectivity index (χ1) is 18.3. The Bertz CT molecular complexity index is 1490. The molecule has 0 bridgehead atoms. The maximum absolute atomic E-state index is 15.2. The molecule has 1 aliphatic carbocycles. The molecular formula is C25H27FN5O4P. The normalized spacial score (nSPS) is 14.7. The van der Waals surface area contributed by atoms with Crippen molar-refractivity contribution in [3.63, 3.8) is 0 Å². The quantitative estimate of drug-likeness (QED) is 0.389. The van der Waals surface area contributed by atoms with E-state index < -0.39 is 25.8 Å². The molecule has 188 valence electrons. The highest BCUT2D eigenvalue weighted by Crippen LogP contribution is 2.41. The Morgan fingerprint density at radius 3 is 2.53 bits per heavy atom. The standard InChI is InChI=1S/C25H27FN5O4P/c1-27-25(33)22-20(13-21(30-31-22)29-24(32)14-8-9-14)28-19-7-5-6-17(23(19)35-2)16-11-10-15(12-18(16)26)36(3,4)34/h5-7,10-14H,8-9H2,1-4H3,(H,27,33)(H2,28,29,30,32)/i1D3. The van der Waals surface area contributed by atoms with Gasteiger partial charge in [0.15, 0.2) is 11.5 Å². The van der Waals surface area contributed by atoms with E-state index in [2.05, 4.69) is 20.8 Å². The van der Waals surface area contributed by atoms with Crippen LogP contribution < -0.4 is 26.0 Å². The van der Waals surface area contributed by atoms with Crippen LogP contribution in [0.15, 0.2) is 42.5 Å². The van der Waals surface area contributed by atoms with Crippen molar-refractivity contribution >= 4 is 41.5 Å². The third-order valence-electron chi connectivity index (χ3n) is 5.68. The molecule has 9 nitrogen and oxygen atoms in total. The van der Waals surface area contributed by atoms with Crippen LogP contribution in [0, 0.1) is 11.7 Å². The number of benzene rings is 2. The molecule has 3 N–H and O–H groups in total. The molecule has 1 fully saturated rings. The van der Waals surface area contributed by atoms with Crippen LogP contribution >= 0.6 is 7.14 Å². The Balaban J connectivity index is 1.75. The van der Waals surface area contributed by atoms with Gasteiger partial charge in [-0.15, -0.1) is 10.2 Å². The van der Waals surface area contributed by atoms with Crippen molar-refractivity contribution in [1.82, 2.24) is 15.5 Å². The van der Waals surface area contributed by atoms with E-state index in [0.717, 1.165) is 12.8 Å². The summed E-state index contributed by atoms with van der Waals surface area (Å²) in [7, 11) is -1.30. The highest BCUT2D eigenvalue weighted by atomic mass is 31.2. The van der Waals surface area contributed by atoms with E-state index in [9.17, 15) is 14.2 Å². The highest BCUT2D eigenvalue weighted by Gasteiger charge is 2.30. The van der Waals surface area contributed by atoms with Crippen LogP contribution in [0.5, 0.6) is 5.75 Å². The lowest BCUT2D eigenvalue weighted by Gasteiger charge is -2.18. The summed E-state index contributed by atoms with van der Waals surface area (Å²) in [6.45, 7) is 0.324. The number of halogens is 1. The highest BCUT2D eigenvalue weighted by molar-refractivity contribution is 7.70. The minimum absolute atomic E-state index is 0.0296. The fraction of sp³-hybridized carbons (Fsp3) is 0.280. The summed E-state index contributed by atoms with van der Waals surface area (Å²) in [6, 6.07) is 10.6. The molecule has 0 radical (unpaired) electrons. The van der Waals surface area contributed by atoms with Gasteiger partial charge in [0.05, 0.1) is 18.5 Å². The Hall–Kier alpha value is -3.78. The molecule has 0 spiro atoms. The maximum Gasteiger partial charge on any atom is 0.273 e. The minimum atomic E-state index is -2.78. The molecule has 36 heavy (non-hydrogen) atoms. The lowest BCUT2D eigenvalue weighted by Crippen LogP contribution is -2.22. The van der Waals surface area contributed by atoms with Crippen molar-refractivity contribution in [3.8, 4) is 16.9 Å². The molecule has 1 heterocycles. The Kier molecular flexibility index (Phi) is 6.01. The monoisotopic (exact) mass is 514 g/mol. The van der Waals surface area contributed by atoms with Gasteiger partial charge in [-0.1, -0.05) is 24.3 Å². The van der Waals surface area contributed by atoms with Gasteiger partial charge >= 0.3 is 0 Å². The molecule has 2 aromatic carbocycles. The zero-order valence-electron chi connectivity index (χ0n) is 22.9. The summed E-state index contributed by atoms with van der Waals surface area (Å²) in [4.78, 5) is 25.0. The molecule has 3 aromatic rings. The second kappa shape index (κ2) is 10.1. The maximum atomic E-state index is 15.2. The van der Waals surface area contributed by atoms with Crippen molar-refractivity contribution in [3.05, 3.63) is 54.0 Å². The van der Waals surface area contributed by atoms with Gasteiger partial charge in [-0.25, -0.2) is 4.39 Å². The van der Waals surface area contributed by atoms with E-state index in [1.165, 1.54) is 25.3 Å². The van der Waals surface area contributed by atoms with Crippen LogP contribution in [0.3, 0.4) is 0 Å². The second-order valence-electron chi connectivity index (χ2n) is 8.74. The first-order valence-electron chi connectivity index (χ1n) is 12.6. The second-order valence-corrected chi connectivity index (χ2v) is 12.0. The van der Waals surface area contributed by atoms with Gasteiger partial charge in [-0.2, -0.15) is 0 Å². The van der Waals surface area contributed by atoms with Gasteiger partial charge in [0.2, 0.25) is 5.91 Å². The summed E-state index contributed by atoms with van der Waals surface area (Å²) in [5.41, 5.74) is 0.539. The number of methoxy groups -OCH3 is 1. The summed E-state index contributed by atoms with van der Waals surface area (Å²) in [6.07, 6.45) is 1.53. The summed E-state index contributed by atoms with van der Waals surface area (Å²) < 4.78 is 55.2. The first kappa shape index (κ1) is 21.5. The molecule has 11 heteroatoms. The summed E-state index contributed by atoms with van der Waals surface area (Å²) in [5.74, 6) is -1.71. The fourth-order valence-corrected chi connectivity index (χ4v) is 4.48. The molecule has 1 aliphatic rings. The topological polar surface area (TPSA) is 122 Å². The average Bonchev–Trinajstić information content (AvgIpc) is 3.68. The number of nitrogens with zero attached hydrogens (tertiary/aromatic N) is 2. The average molecular weight is 515 g/mol. The van der Waals surface area contributed by atoms with E-state index in [1.54, 1.807) is 37.6 Å². The number of hydrogen-bond donors (Lipinski definition) is 3. The third kappa shape index (κ3) is 5.39. The van der Waals surface area contributed by atoms with Crippen LogP contribution in [0.25, 0.3) is 11.1 Å². The van der Waals surface area contributed by atoms with E-state index in [1.807, 2.05) is 5.32 Å². The van der Waals surface area contributed by atoms with E-state index in [-0.39, 0.29) is 40.3 Å². The SMILES string of the molecule is [2H]C([2H])([2H])NC(=O)c1nnc(NC(=O)C2CC2)cc1Nc1cccc(-c2ccc(P(C)(C)=O)cc2F)c1OC.